The van der Waals surface area contributed by atoms with Crippen LogP contribution in [0.3, 0.4) is 0 Å². The zero-order valence-electron chi connectivity index (χ0n) is 19.1. The van der Waals surface area contributed by atoms with Crippen molar-refractivity contribution in [3.63, 3.8) is 0 Å². The number of hydrogen-bond acceptors (Lipinski definition) is 6. The molecule has 0 fully saturated rings. The van der Waals surface area contributed by atoms with Crippen LogP contribution >= 0.6 is 23.5 Å². The van der Waals surface area contributed by atoms with Crippen LogP contribution in [0.2, 0.25) is 0 Å². The van der Waals surface area contributed by atoms with Gasteiger partial charge in [-0.25, -0.2) is 9.36 Å². The van der Waals surface area contributed by atoms with Gasteiger partial charge in [0.15, 0.2) is 0 Å². The van der Waals surface area contributed by atoms with Crippen LogP contribution in [0.25, 0.3) is 22.5 Å². The zero-order chi connectivity index (χ0) is 23.4. The molecule has 6 nitrogen and oxygen atoms in total. The monoisotopic (exact) mass is 468 g/mol. The molecule has 32 heavy (non-hydrogen) atoms. The number of aromatic nitrogens is 4. The normalized spacial score (nSPS) is 10.7. The van der Waals surface area contributed by atoms with E-state index < -0.39 is 0 Å². The summed E-state index contributed by atoms with van der Waals surface area (Å²) in [5.41, 5.74) is 6.13. The predicted molar refractivity (Wildman–Crippen MR) is 134 cm³/mol. The van der Waals surface area contributed by atoms with E-state index in [2.05, 4.69) is 60.8 Å². The molecule has 0 aliphatic rings. The molecule has 0 aliphatic carbocycles. The van der Waals surface area contributed by atoms with Gasteiger partial charge in [-0.2, -0.15) is 10.2 Å². The highest BCUT2D eigenvalue weighted by Gasteiger charge is 2.08. The summed E-state index contributed by atoms with van der Waals surface area (Å²) in [4.78, 5) is 2.54. The van der Waals surface area contributed by atoms with E-state index in [1.165, 1.54) is 30.3 Å². The summed E-state index contributed by atoms with van der Waals surface area (Å²) in [5.74, 6) is 0.364. The summed E-state index contributed by atoms with van der Waals surface area (Å²) in [6.45, 7) is 4.16. The highest BCUT2D eigenvalue weighted by atomic mass is 32.2. The SMILES string of the molecule is CSc1ccc(-c2cc(O)n(C)n2)cc1C.CSc1ccc(-c2cc(O)n(C)n2)cc1C. The molecule has 0 saturated carbocycles. The Kier molecular flexibility index (Phi) is 7.58. The lowest BCUT2D eigenvalue weighted by Gasteiger charge is -2.04. The van der Waals surface area contributed by atoms with Crippen molar-refractivity contribution in [3.8, 4) is 34.3 Å². The number of hydrogen-bond donors (Lipinski definition) is 2. The molecule has 0 bridgehead atoms. The number of aromatic hydroxyl groups is 2. The largest absolute Gasteiger partial charge is 0.493 e. The van der Waals surface area contributed by atoms with Crippen molar-refractivity contribution in [2.75, 3.05) is 12.5 Å². The summed E-state index contributed by atoms with van der Waals surface area (Å²) >= 11 is 3.47. The number of thioether (sulfide) groups is 2. The molecule has 2 aromatic heterocycles. The molecule has 0 spiro atoms. The van der Waals surface area contributed by atoms with E-state index in [0.717, 1.165) is 22.5 Å². The van der Waals surface area contributed by atoms with Gasteiger partial charge in [-0.3, -0.25) is 0 Å². The fourth-order valence-electron chi connectivity index (χ4n) is 3.27. The van der Waals surface area contributed by atoms with E-state index in [0.29, 0.717) is 0 Å². The van der Waals surface area contributed by atoms with Gasteiger partial charge in [-0.15, -0.1) is 23.5 Å². The fraction of sp³-hybridized carbons (Fsp3) is 0.250. The third-order valence-corrected chi connectivity index (χ3v) is 6.89. The Morgan fingerprint density at radius 1 is 0.656 bits per heavy atom. The summed E-state index contributed by atoms with van der Waals surface area (Å²) in [7, 11) is 3.45. The Labute approximate surface area is 197 Å². The first kappa shape index (κ1) is 23.8. The Balaban J connectivity index is 0.000000181. The molecule has 0 aliphatic heterocycles. The highest BCUT2D eigenvalue weighted by Crippen LogP contribution is 2.28. The molecule has 0 radical (unpaired) electrons. The van der Waals surface area contributed by atoms with Gasteiger partial charge in [0.05, 0.1) is 11.4 Å². The lowest BCUT2D eigenvalue weighted by molar-refractivity contribution is 0.419. The maximum absolute atomic E-state index is 9.47. The quantitative estimate of drug-likeness (QED) is 0.377. The van der Waals surface area contributed by atoms with Crippen molar-refractivity contribution in [2.45, 2.75) is 23.6 Å². The van der Waals surface area contributed by atoms with Crippen LogP contribution in [-0.4, -0.2) is 42.3 Å². The van der Waals surface area contributed by atoms with Crippen LogP contribution in [0, 0.1) is 13.8 Å². The molecule has 4 aromatic rings. The number of nitrogens with zero attached hydrogens (tertiary/aromatic N) is 4. The minimum atomic E-state index is 0.182. The van der Waals surface area contributed by atoms with Crippen LogP contribution in [-0.2, 0) is 14.1 Å². The van der Waals surface area contributed by atoms with E-state index in [9.17, 15) is 10.2 Å². The summed E-state index contributed by atoms with van der Waals surface area (Å²) in [6, 6.07) is 15.8. The molecule has 2 aromatic carbocycles. The Morgan fingerprint density at radius 2 is 1.03 bits per heavy atom. The molecular formula is C24H28N4O2S2. The van der Waals surface area contributed by atoms with Crippen molar-refractivity contribution in [1.82, 2.24) is 19.6 Å². The first-order chi connectivity index (χ1) is 15.2. The molecule has 4 rings (SSSR count). The van der Waals surface area contributed by atoms with Gasteiger partial charge < -0.3 is 10.2 Å². The van der Waals surface area contributed by atoms with Gasteiger partial charge in [-0.1, -0.05) is 12.1 Å². The first-order valence-electron chi connectivity index (χ1n) is 9.99. The molecule has 8 heteroatoms. The molecule has 0 amide bonds. The maximum Gasteiger partial charge on any atom is 0.209 e. The van der Waals surface area contributed by atoms with Gasteiger partial charge >= 0.3 is 0 Å². The Bertz CT molecular complexity index is 1100. The summed E-state index contributed by atoms with van der Waals surface area (Å²) < 4.78 is 2.93. The first-order valence-corrected chi connectivity index (χ1v) is 12.4. The molecule has 0 saturated heterocycles. The van der Waals surface area contributed by atoms with Crippen molar-refractivity contribution >= 4 is 23.5 Å². The van der Waals surface area contributed by atoms with Crippen molar-refractivity contribution < 1.29 is 10.2 Å². The zero-order valence-corrected chi connectivity index (χ0v) is 20.8. The minimum absolute atomic E-state index is 0.182. The van der Waals surface area contributed by atoms with Gasteiger partial charge in [0.1, 0.15) is 0 Å². The molecule has 0 unspecified atom stereocenters. The summed E-state index contributed by atoms with van der Waals surface area (Å²) in [6.07, 6.45) is 4.13. The average molecular weight is 469 g/mol. The van der Waals surface area contributed by atoms with E-state index >= 15 is 0 Å². The van der Waals surface area contributed by atoms with Gasteiger partial charge in [-0.05, 0) is 61.8 Å². The molecule has 2 heterocycles. The standard InChI is InChI=1S/2C12H14N2OS/c2*1-8-6-9(4-5-11(8)16-3)10-7-12(15)14(2)13-10/h2*4-7,15H,1-3H3. The second-order valence-electron chi connectivity index (χ2n) is 7.39. The maximum atomic E-state index is 9.47. The van der Waals surface area contributed by atoms with E-state index in [1.54, 1.807) is 49.8 Å². The lowest BCUT2D eigenvalue weighted by atomic mass is 10.1. The van der Waals surface area contributed by atoms with Crippen LogP contribution in [0.1, 0.15) is 11.1 Å². The third kappa shape index (κ3) is 5.31. The van der Waals surface area contributed by atoms with Crippen LogP contribution in [0.15, 0.2) is 58.3 Å². The van der Waals surface area contributed by atoms with E-state index in [-0.39, 0.29) is 11.8 Å². The second-order valence-corrected chi connectivity index (χ2v) is 9.09. The van der Waals surface area contributed by atoms with Crippen molar-refractivity contribution in [2.24, 2.45) is 14.1 Å². The minimum Gasteiger partial charge on any atom is -0.493 e. The smallest absolute Gasteiger partial charge is 0.209 e. The molecule has 168 valence electrons. The second kappa shape index (κ2) is 10.2. The van der Waals surface area contributed by atoms with Crippen molar-refractivity contribution in [3.05, 3.63) is 59.7 Å². The van der Waals surface area contributed by atoms with Crippen LogP contribution in [0.4, 0.5) is 0 Å². The molecule has 0 atom stereocenters. The van der Waals surface area contributed by atoms with Crippen LogP contribution in [0.5, 0.6) is 11.8 Å². The number of rotatable bonds is 4. The Morgan fingerprint density at radius 3 is 1.28 bits per heavy atom. The molecule has 2 N–H and O–H groups in total. The lowest BCUT2D eigenvalue weighted by Crippen LogP contribution is -1.89. The van der Waals surface area contributed by atoms with Crippen molar-refractivity contribution in [1.29, 1.82) is 0 Å². The highest BCUT2D eigenvalue weighted by molar-refractivity contribution is 7.98. The van der Waals surface area contributed by atoms with Gasteiger partial charge in [0.2, 0.25) is 11.8 Å². The topological polar surface area (TPSA) is 76.1 Å². The van der Waals surface area contributed by atoms with Crippen LogP contribution < -0.4 is 0 Å². The third-order valence-electron chi connectivity index (χ3n) is 5.09. The Hall–Kier alpha value is -2.84. The fourth-order valence-corrected chi connectivity index (χ4v) is 4.44. The van der Waals surface area contributed by atoms with Gasteiger partial charge in [0.25, 0.3) is 0 Å². The number of benzene rings is 2. The number of aryl methyl sites for hydroxylation is 4. The summed E-state index contributed by atoms with van der Waals surface area (Å²) in [5, 5.41) is 27.4. The van der Waals surface area contributed by atoms with E-state index in [4.69, 9.17) is 0 Å². The average Bonchev–Trinajstić information content (AvgIpc) is 3.29. The predicted octanol–water partition coefficient (Wildman–Crippen LogP) is 5.65. The van der Waals surface area contributed by atoms with Gasteiger partial charge in [0, 0.05) is 47.1 Å². The van der Waals surface area contributed by atoms with E-state index in [1.807, 2.05) is 12.1 Å². The molecular weight excluding hydrogens is 440 g/mol.